The number of allylic oxidation sites excluding steroid dienone is 1. The van der Waals surface area contributed by atoms with Crippen LogP contribution in [-0.4, -0.2) is 44.2 Å². The number of hydrogen-bond acceptors (Lipinski definition) is 6. The smallest absolute Gasteiger partial charge is 0.266 e. The van der Waals surface area contributed by atoms with E-state index in [1.165, 1.54) is 28.6 Å². The molecule has 0 spiro atoms. The second-order valence-electron chi connectivity index (χ2n) is 8.00. The molecule has 1 amide bonds. The lowest BCUT2D eigenvalue weighted by Gasteiger charge is -2.21. The van der Waals surface area contributed by atoms with Crippen LogP contribution in [0.15, 0.2) is 69.9 Å². The molecule has 4 rings (SSSR count). The van der Waals surface area contributed by atoms with Crippen LogP contribution < -0.4 is 9.94 Å². The number of fused-ring (bicyclic) bond motifs is 1. The Balaban J connectivity index is 1.75. The summed E-state index contributed by atoms with van der Waals surface area (Å²) in [5.74, 6) is -0.566. The van der Waals surface area contributed by atoms with Gasteiger partial charge in [0.2, 0.25) is 20.0 Å². The van der Waals surface area contributed by atoms with Gasteiger partial charge in [0.15, 0.2) is 4.80 Å². The first kappa shape index (κ1) is 24.5. The predicted molar refractivity (Wildman–Crippen MR) is 130 cm³/mol. The summed E-state index contributed by atoms with van der Waals surface area (Å²) in [4.78, 5) is 17.9. The van der Waals surface area contributed by atoms with E-state index < -0.39 is 32.0 Å². The van der Waals surface area contributed by atoms with E-state index in [-0.39, 0.29) is 16.3 Å². The van der Waals surface area contributed by atoms with Gasteiger partial charge in [-0.3, -0.25) is 4.79 Å². The molecule has 0 radical (unpaired) electrons. The highest BCUT2D eigenvalue weighted by Crippen LogP contribution is 2.27. The molecule has 1 unspecified atom stereocenters. The maximum absolute atomic E-state index is 13.2. The van der Waals surface area contributed by atoms with Gasteiger partial charge in [-0.1, -0.05) is 35.1 Å². The fourth-order valence-corrected chi connectivity index (χ4v) is 7.26. The fourth-order valence-electron chi connectivity index (χ4n) is 3.91. The number of primary sulfonamides is 1. The van der Waals surface area contributed by atoms with E-state index in [0.29, 0.717) is 34.4 Å². The van der Waals surface area contributed by atoms with E-state index in [9.17, 15) is 21.6 Å². The lowest BCUT2D eigenvalue weighted by molar-refractivity contribution is -0.121. The average Bonchev–Trinajstić information content (AvgIpc) is 3.39. The largest absolute Gasteiger partial charge is 0.313 e. The molecule has 1 aliphatic rings. The molecule has 1 aromatic heterocycles. The Hall–Kier alpha value is -2.64. The molecule has 1 atom stereocenters. The number of rotatable bonds is 6. The van der Waals surface area contributed by atoms with Crippen LogP contribution >= 0.6 is 11.3 Å². The van der Waals surface area contributed by atoms with Crippen LogP contribution in [0, 0.1) is 6.92 Å². The van der Waals surface area contributed by atoms with Gasteiger partial charge in [-0.05, 0) is 50.1 Å². The number of carbonyl (C=O) groups excluding carboxylic acids is 1. The maximum atomic E-state index is 13.2. The third-order valence-electron chi connectivity index (χ3n) is 5.62. The molecule has 12 heteroatoms. The van der Waals surface area contributed by atoms with E-state index in [1.807, 2.05) is 6.92 Å². The SMILES string of the molecule is C=CCn1c(=NC(=O)C2CCCN2S(=O)(=O)c2ccc(C)cc2)sc2cc(S(N)(=O)=O)ccc21. The van der Waals surface area contributed by atoms with Gasteiger partial charge in [-0.15, -0.1) is 6.58 Å². The molecular formula is C22H24N4O5S3. The lowest BCUT2D eigenvalue weighted by atomic mass is 10.2. The van der Waals surface area contributed by atoms with Crippen molar-refractivity contribution in [2.45, 2.75) is 42.1 Å². The van der Waals surface area contributed by atoms with Crippen molar-refractivity contribution in [2.75, 3.05) is 6.54 Å². The Labute approximate surface area is 202 Å². The van der Waals surface area contributed by atoms with E-state index in [2.05, 4.69) is 11.6 Å². The zero-order valence-corrected chi connectivity index (χ0v) is 20.9. The summed E-state index contributed by atoms with van der Waals surface area (Å²) in [7, 11) is -7.75. The van der Waals surface area contributed by atoms with Crippen molar-refractivity contribution >= 4 is 47.5 Å². The quantitative estimate of drug-likeness (QED) is 0.497. The molecule has 2 heterocycles. The molecule has 180 valence electrons. The number of carbonyl (C=O) groups is 1. The summed E-state index contributed by atoms with van der Waals surface area (Å²) >= 11 is 1.13. The van der Waals surface area contributed by atoms with Crippen molar-refractivity contribution in [1.82, 2.24) is 8.87 Å². The monoisotopic (exact) mass is 520 g/mol. The summed E-state index contributed by atoms with van der Waals surface area (Å²) in [6, 6.07) is 10.0. The number of thiazole rings is 1. The molecule has 2 N–H and O–H groups in total. The number of nitrogens with zero attached hydrogens (tertiary/aromatic N) is 3. The van der Waals surface area contributed by atoms with Gasteiger partial charge in [-0.25, -0.2) is 22.0 Å². The van der Waals surface area contributed by atoms with Crippen LogP contribution in [0.25, 0.3) is 10.2 Å². The Morgan fingerprint density at radius 2 is 1.85 bits per heavy atom. The Morgan fingerprint density at radius 3 is 2.50 bits per heavy atom. The first-order chi connectivity index (χ1) is 16.0. The number of hydrogen-bond donors (Lipinski definition) is 1. The van der Waals surface area contributed by atoms with Crippen molar-refractivity contribution in [3.63, 3.8) is 0 Å². The number of aromatic nitrogens is 1. The van der Waals surface area contributed by atoms with Crippen LogP contribution in [-0.2, 0) is 31.4 Å². The first-order valence-electron chi connectivity index (χ1n) is 10.5. The minimum atomic E-state index is -3.89. The van der Waals surface area contributed by atoms with Gasteiger partial charge in [0, 0.05) is 13.1 Å². The highest BCUT2D eigenvalue weighted by Gasteiger charge is 2.39. The van der Waals surface area contributed by atoms with Crippen LogP contribution in [0.5, 0.6) is 0 Å². The van der Waals surface area contributed by atoms with Crippen molar-refractivity contribution in [3.05, 3.63) is 65.5 Å². The van der Waals surface area contributed by atoms with Crippen LogP contribution in [0.4, 0.5) is 0 Å². The molecule has 9 nitrogen and oxygen atoms in total. The third kappa shape index (κ3) is 4.64. The van der Waals surface area contributed by atoms with Crippen LogP contribution in [0.3, 0.4) is 0 Å². The molecule has 3 aromatic rings. The third-order valence-corrected chi connectivity index (χ3v) is 9.49. The molecule has 0 aliphatic carbocycles. The zero-order valence-electron chi connectivity index (χ0n) is 18.4. The van der Waals surface area contributed by atoms with Gasteiger partial charge in [0.05, 0.1) is 20.0 Å². The molecule has 0 saturated carbocycles. The van der Waals surface area contributed by atoms with Crippen molar-refractivity contribution < 1.29 is 21.6 Å². The van der Waals surface area contributed by atoms with Gasteiger partial charge in [0.25, 0.3) is 5.91 Å². The van der Waals surface area contributed by atoms with Crippen molar-refractivity contribution in [3.8, 4) is 0 Å². The standard InChI is InChI=1S/C22H24N4O5S3/c1-3-12-25-18-11-10-17(33(23,28)29)14-20(18)32-22(25)24-21(27)19-5-4-13-26(19)34(30,31)16-8-6-15(2)7-9-16/h3,6-11,14,19H,1,4-5,12-13H2,2H3,(H2,23,28,29). The van der Waals surface area contributed by atoms with Crippen molar-refractivity contribution in [1.29, 1.82) is 0 Å². The number of aryl methyl sites for hydroxylation is 1. The molecule has 1 aliphatic heterocycles. The van der Waals surface area contributed by atoms with Gasteiger partial charge >= 0.3 is 0 Å². The molecule has 1 saturated heterocycles. The van der Waals surface area contributed by atoms with E-state index >= 15 is 0 Å². The first-order valence-corrected chi connectivity index (χ1v) is 14.3. The minimum Gasteiger partial charge on any atom is -0.313 e. The molecule has 1 fully saturated rings. The highest BCUT2D eigenvalue weighted by molar-refractivity contribution is 7.89. The predicted octanol–water partition coefficient (Wildman–Crippen LogP) is 2.13. The van der Waals surface area contributed by atoms with E-state index in [0.717, 1.165) is 16.9 Å². The number of sulfonamides is 2. The summed E-state index contributed by atoms with van der Waals surface area (Å²) < 4.78 is 53.4. The average molecular weight is 521 g/mol. The summed E-state index contributed by atoms with van der Waals surface area (Å²) in [6.07, 6.45) is 2.55. The molecule has 2 aromatic carbocycles. The Morgan fingerprint density at radius 1 is 1.18 bits per heavy atom. The van der Waals surface area contributed by atoms with E-state index in [4.69, 9.17) is 5.14 Å². The number of amides is 1. The molecule has 0 bridgehead atoms. The number of benzene rings is 2. The Bertz CT molecular complexity index is 1550. The fraction of sp³-hybridized carbons (Fsp3) is 0.273. The van der Waals surface area contributed by atoms with Crippen molar-refractivity contribution in [2.24, 2.45) is 10.1 Å². The maximum Gasteiger partial charge on any atom is 0.266 e. The van der Waals surface area contributed by atoms with Crippen LogP contribution in [0.1, 0.15) is 18.4 Å². The topological polar surface area (TPSA) is 132 Å². The van der Waals surface area contributed by atoms with Crippen LogP contribution in [0.2, 0.25) is 0 Å². The normalized spacial score (nSPS) is 17.9. The lowest BCUT2D eigenvalue weighted by Crippen LogP contribution is -2.40. The Kier molecular flexibility index (Phi) is 6.62. The summed E-state index contributed by atoms with van der Waals surface area (Å²) in [5.41, 5.74) is 1.60. The number of nitrogens with two attached hydrogens (primary N) is 1. The van der Waals surface area contributed by atoms with Gasteiger partial charge < -0.3 is 4.57 Å². The molecular weight excluding hydrogens is 496 g/mol. The van der Waals surface area contributed by atoms with Gasteiger partial charge in [-0.2, -0.15) is 9.30 Å². The minimum absolute atomic E-state index is 0.0453. The second kappa shape index (κ2) is 9.19. The highest BCUT2D eigenvalue weighted by atomic mass is 32.2. The van der Waals surface area contributed by atoms with Gasteiger partial charge in [0.1, 0.15) is 6.04 Å². The second-order valence-corrected chi connectivity index (χ2v) is 12.5. The summed E-state index contributed by atoms with van der Waals surface area (Å²) in [6.45, 7) is 6.17. The molecule has 34 heavy (non-hydrogen) atoms. The zero-order chi connectivity index (χ0) is 24.7. The van der Waals surface area contributed by atoms with E-state index in [1.54, 1.807) is 28.8 Å². The summed E-state index contributed by atoms with van der Waals surface area (Å²) in [5, 5.41) is 5.24.